The molecule has 3 rings (SSSR count). The van der Waals surface area contributed by atoms with E-state index in [0.29, 0.717) is 44.8 Å². The molecule has 1 aliphatic heterocycles. The van der Waals surface area contributed by atoms with Crippen LogP contribution in [0.25, 0.3) is 0 Å². The molecule has 0 fully saturated rings. The second kappa shape index (κ2) is 5.77. The SMILES string of the molecule is O=C(c1ccc(F)cc1Br)c1cc2c(cc1Br)OCCO2. The number of fused-ring (bicyclic) bond motifs is 1. The number of benzene rings is 2. The maximum absolute atomic E-state index is 13.1. The second-order valence-corrected chi connectivity index (χ2v) is 6.14. The molecular formula is C15H9Br2FO3. The van der Waals surface area contributed by atoms with E-state index in [-0.39, 0.29) is 5.78 Å². The van der Waals surface area contributed by atoms with E-state index in [1.807, 2.05) is 0 Å². The van der Waals surface area contributed by atoms with Gasteiger partial charge in [-0.1, -0.05) is 0 Å². The highest BCUT2D eigenvalue weighted by Crippen LogP contribution is 2.37. The van der Waals surface area contributed by atoms with Gasteiger partial charge in [0.2, 0.25) is 0 Å². The van der Waals surface area contributed by atoms with Gasteiger partial charge in [0, 0.05) is 20.1 Å². The summed E-state index contributed by atoms with van der Waals surface area (Å²) in [7, 11) is 0. The summed E-state index contributed by atoms with van der Waals surface area (Å²) in [5, 5.41) is 0. The molecule has 2 aromatic rings. The van der Waals surface area contributed by atoms with E-state index in [4.69, 9.17) is 9.47 Å². The first-order chi connectivity index (χ1) is 10.1. The van der Waals surface area contributed by atoms with E-state index in [0.717, 1.165) is 0 Å². The van der Waals surface area contributed by atoms with Crippen LogP contribution in [0.2, 0.25) is 0 Å². The third kappa shape index (κ3) is 2.82. The molecule has 0 saturated carbocycles. The van der Waals surface area contributed by atoms with Gasteiger partial charge in [-0.3, -0.25) is 4.79 Å². The Morgan fingerprint density at radius 2 is 1.57 bits per heavy atom. The van der Waals surface area contributed by atoms with Crippen molar-refractivity contribution in [1.29, 1.82) is 0 Å². The summed E-state index contributed by atoms with van der Waals surface area (Å²) < 4.78 is 25.1. The number of ether oxygens (including phenoxy) is 2. The fourth-order valence-electron chi connectivity index (χ4n) is 2.06. The third-order valence-electron chi connectivity index (χ3n) is 3.05. The Kier molecular flexibility index (Phi) is 3.99. The zero-order chi connectivity index (χ0) is 15.0. The molecule has 0 saturated heterocycles. The summed E-state index contributed by atoms with van der Waals surface area (Å²) in [4.78, 5) is 12.6. The van der Waals surface area contributed by atoms with E-state index in [9.17, 15) is 9.18 Å². The van der Waals surface area contributed by atoms with Gasteiger partial charge in [-0.25, -0.2) is 4.39 Å². The van der Waals surface area contributed by atoms with Crippen molar-refractivity contribution in [2.24, 2.45) is 0 Å². The molecule has 2 aromatic carbocycles. The number of rotatable bonds is 2. The fourth-order valence-corrected chi connectivity index (χ4v) is 3.09. The largest absolute Gasteiger partial charge is 0.486 e. The lowest BCUT2D eigenvalue weighted by atomic mass is 10.0. The van der Waals surface area contributed by atoms with Gasteiger partial charge in [0.15, 0.2) is 17.3 Å². The Hall–Kier alpha value is -1.40. The number of ketones is 1. The van der Waals surface area contributed by atoms with E-state index in [1.165, 1.54) is 18.2 Å². The van der Waals surface area contributed by atoms with Crippen LogP contribution in [0.3, 0.4) is 0 Å². The van der Waals surface area contributed by atoms with E-state index < -0.39 is 5.82 Å². The molecule has 1 heterocycles. The van der Waals surface area contributed by atoms with Crippen LogP contribution in [-0.2, 0) is 0 Å². The molecule has 6 heteroatoms. The molecule has 0 amide bonds. The van der Waals surface area contributed by atoms with Crippen LogP contribution < -0.4 is 9.47 Å². The van der Waals surface area contributed by atoms with Crippen LogP contribution in [0.1, 0.15) is 15.9 Å². The molecule has 0 aliphatic carbocycles. The minimum atomic E-state index is -0.403. The molecule has 0 atom stereocenters. The predicted octanol–water partition coefficient (Wildman–Crippen LogP) is 4.35. The lowest BCUT2D eigenvalue weighted by molar-refractivity contribution is 0.103. The molecular weight excluding hydrogens is 407 g/mol. The molecule has 0 aromatic heterocycles. The monoisotopic (exact) mass is 414 g/mol. The molecule has 0 unspecified atom stereocenters. The number of hydrogen-bond donors (Lipinski definition) is 0. The number of carbonyl (C=O) groups is 1. The summed E-state index contributed by atoms with van der Waals surface area (Å²) in [5.74, 6) is 0.499. The van der Waals surface area contributed by atoms with Crippen LogP contribution in [0, 0.1) is 5.82 Å². The van der Waals surface area contributed by atoms with Gasteiger partial charge in [-0.2, -0.15) is 0 Å². The predicted molar refractivity (Wildman–Crippen MR) is 82.7 cm³/mol. The number of hydrogen-bond acceptors (Lipinski definition) is 3. The lowest BCUT2D eigenvalue weighted by Gasteiger charge is -2.19. The summed E-state index contributed by atoms with van der Waals surface area (Å²) >= 11 is 6.58. The first-order valence-corrected chi connectivity index (χ1v) is 7.74. The van der Waals surface area contributed by atoms with Gasteiger partial charge in [0.05, 0.1) is 0 Å². The van der Waals surface area contributed by atoms with Crippen LogP contribution in [0.4, 0.5) is 4.39 Å². The van der Waals surface area contributed by atoms with Crippen molar-refractivity contribution in [2.45, 2.75) is 0 Å². The summed E-state index contributed by atoms with van der Waals surface area (Å²) in [6.45, 7) is 0.929. The Morgan fingerprint density at radius 1 is 0.952 bits per heavy atom. The maximum atomic E-state index is 13.1. The molecule has 0 bridgehead atoms. The molecule has 1 aliphatic rings. The minimum absolute atomic E-state index is 0.231. The van der Waals surface area contributed by atoms with Crippen molar-refractivity contribution < 1.29 is 18.7 Å². The van der Waals surface area contributed by atoms with Gasteiger partial charge in [0.25, 0.3) is 0 Å². The lowest BCUT2D eigenvalue weighted by Crippen LogP contribution is -2.16. The average molecular weight is 416 g/mol. The summed E-state index contributed by atoms with van der Waals surface area (Å²) in [6, 6.07) is 7.31. The zero-order valence-electron chi connectivity index (χ0n) is 10.7. The standard InChI is InChI=1S/C15H9Br2FO3/c16-11-5-8(18)1-2-9(11)15(19)10-6-13-14(7-12(10)17)21-4-3-20-13/h1-2,5-7H,3-4H2. The van der Waals surface area contributed by atoms with E-state index in [1.54, 1.807) is 12.1 Å². The highest BCUT2D eigenvalue weighted by atomic mass is 79.9. The Balaban J connectivity index is 2.05. The van der Waals surface area contributed by atoms with Crippen LogP contribution in [0.15, 0.2) is 39.3 Å². The van der Waals surface area contributed by atoms with Crippen molar-refractivity contribution in [2.75, 3.05) is 13.2 Å². The molecule has 21 heavy (non-hydrogen) atoms. The Bertz CT molecular complexity index is 731. The van der Waals surface area contributed by atoms with E-state index in [2.05, 4.69) is 31.9 Å². The van der Waals surface area contributed by atoms with Gasteiger partial charge in [-0.05, 0) is 62.2 Å². The van der Waals surface area contributed by atoms with Crippen LogP contribution in [-0.4, -0.2) is 19.0 Å². The highest BCUT2D eigenvalue weighted by Gasteiger charge is 2.21. The minimum Gasteiger partial charge on any atom is -0.486 e. The smallest absolute Gasteiger partial charge is 0.195 e. The van der Waals surface area contributed by atoms with E-state index >= 15 is 0 Å². The molecule has 0 N–H and O–H groups in total. The molecule has 0 radical (unpaired) electrons. The summed E-state index contributed by atoms with van der Waals surface area (Å²) in [5.41, 5.74) is 0.820. The van der Waals surface area contributed by atoms with Gasteiger partial charge in [0.1, 0.15) is 19.0 Å². The van der Waals surface area contributed by atoms with Crippen molar-refractivity contribution in [1.82, 2.24) is 0 Å². The van der Waals surface area contributed by atoms with Crippen LogP contribution >= 0.6 is 31.9 Å². The first-order valence-electron chi connectivity index (χ1n) is 6.15. The van der Waals surface area contributed by atoms with Crippen LogP contribution in [0.5, 0.6) is 11.5 Å². The maximum Gasteiger partial charge on any atom is 0.195 e. The van der Waals surface area contributed by atoms with Crippen molar-refractivity contribution in [3.05, 3.63) is 56.2 Å². The van der Waals surface area contributed by atoms with Gasteiger partial charge in [-0.15, -0.1) is 0 Å². The fraction of sp³-hybridized carbons (Fsp3) is 0.133. The molecule has 0 spiro atoms. The van der Waals surface area contributed by atoms with Gasteiger partial charge >= 0.3 is 0 Å². The quantitative estimate of drug-likeness (QED) is 0.684. The van der Waals surface area contributed by atoms with Crippen molar-refractivity contribution >= 4 is 37.6 Å². The van der Waals surface area contributed by atoms with Gasteiger partial charge < -0.3 is 9.47 Å². The van der Waals surface area contributed by atoms with Crippen molar-refractivity contribution in [3.8, 4) is 11.5 Å². The zero-order valence-corrected chi connectivity index (χ0v) is 13.8. The Labute approximate surface area is 137 Å². The van der Waals surface area contributed by atoms with Crippen molar-refractivity contribution in [3.63, 3.8) is 0 Å². The second-order valence-electron chi connectivity index (χ2n) is 4.43. The third-order valence-corrected chi connectivity index (χ3v) is 4.36. The highest BCUT2D eigenvalue weighted by molar-refractivity contribution is 9.11. The number of carbonyl (C=O) groups excluding carboxylic acids is 1. The normalized spacial score (nSPS) is 13.1. The molecule has 3 nitrogen and oxygen atoms in total. The summed E-state index contributed by atoms with van der Waals surface area (Å²) in [6.07, 6.45) is 0. The Morgan fingerprint density at radius 3 is 2.24 bits per heavy atom. The topological polar surface area (TPSA) is 35.5 Å². The first kappa shape index (κ1) is 14.5. The average Bonchev–Trinajstić information content (AvgIpc) is 2.46. The number of halogens is 3. The molecule has 108 valence electrons.